The molecule has 0 amide bonds. The second kappa shape index (κ2) is 14.1. The zero-order valence-electron chi connectivity index (χ0n) is 30.0. The molecular formula is C51H41N. The van der Waals surface area contributed by atoms with Crippen LogP contribution in [0.5, 0.6) is 0 Å². The van der Waals surface area contributed by atoms with Gasteiger partial charge in [-0.25, -0.2) is 0 Å². The van der Waals surface area contributed by atoms with Crippen LogP contribution in [0.15, 0.2) is 183 Å². The summed E-state index contributed by atoms with van der Waals surface area (Å²) in [5.74, 6) is 0. The molecule has 1 heteroatoms. The molecule has 1 aliphatic carbocycles. The zero-order chi connectivity index (χ0) is 35.6. The third-order valence-corrected chi connectivity index (χ3v) is 10.1. The molecule has 7 aromatic carbocycles. The Morgan fingerprint density at radius 3 is 1.96 bits per heavy atom. The van der Waals surface area contributed by atoms with Gasteiger partial charge in [-0.05, 0) is 122 Å². The fraction of sp³-hybridized carbons (Fsp3) is 0.0588. The number of benzene rings is 7. The first-order valence-electron chi connectivity index (χ1n) is 18.1. The number of anilines is 2. The number of hydrogen-bond acceptors (Lipinski definition) is 1. The maximum atomic E-state index is 4.27. The van der Waals surface area contributed by atoms with E-state index in [4.69, 9.17) is 0 Å². The molecule has 0 bridgehead atoms. The summed E-state index contributed by atoms with van der Waals surface area (Å²) >= 11 is 0. The number of para-hydroxylation sites is 1. The molecule has 250 valence electrons. The van der Waals surface area contributed by atoms with Gasteiger partial charge in [0.05, 0.1) is 0 Å². The maximum absolute atomic E-state index is 4.27. The highest BCUT2D eigenvalue weighted by atomic mass is 14.9. The molecule has 1 nitrogen and oxygen atoms in total. The largest absolute Gasteiger partial charge is 0.355 e. The molecule has 0 heterocycles. The van der Waals surface area contributed by atoms with Crippen LogP contribution in [0, 0.1) is 0 Å². The van der Waals surface area contributed by atoms with E-state index in [1.54, 1.807) is 0 Å². The molecule has 0 spiro atoms. The Morgan fingerprint density at radius 2 is 1.19 bits per heavy atom. The lowest BCUT2D eigenvalue weighted by Gasteiger charge is -2.20. The van der Waals surface area contributed by atoms with Crippen LogP contribution in [-0.4, -0.2) is 0 Å². The van der Waals surface area contributed by atoms with Crippen LogP contribution in [0.1, 0.15) is 31.9 Å². The number of rotatable bonds is 9. The smallest absolute Gasteiger partial charge is 0.0463 e. The van der Waals surface area contributed by atoms with Crippen molar-refractivity contribution in [1.82, 2.24) is 0 Å². The van der Waals surface area contributed by atoms with Gasteiger partial charge in [-0.1, -0.05) is 164 Å². The highest BCUT2D eigenvalue weighted by molar-refractivity contribution is 6.27. The van der Waals surface area contributed by atoms with E-state index < -0.39 is 0 Å². The van der Waals surface area contributed by atoms with Crippen molar-refractivity contribution in [3.63, 3.8) is 0 Å². The van der Waals surface area contributed by atoms with Crippen molar-refractivity contribution in [3.8, 4) is 44.5 Å². The summed E-state index contributed by atoms with van der Waals surface area (Å²) < 4.78 is 0. The van der Waals surface area contributed by atoms with Crippen molar-refractivity contribution < 1.29 is 0 Å². The maximum Gasteiger partial charge on any atom is 0.0463 e. The standard InChI is InChI=1S/C51H41N/c1-5-8-19-36(18-7-3)47-42-23-12-13-24-43(42)48(37-20-10-9-11-21-37)51-45-33-32-40(41-25-16-26-44(49(41)45)50(47)51)35-28-30-38(31-29-35)52-46-27-15-14-22-39(46)34(4)17-6-2/h5-33,52H,4H2,1-3H3/b8-5-,17-6-,18-7-,36-19+. The fourth-order valence-electron chi connectivity index (χ4n) is 7.91. The first kappa shape index (κ1) is 32.7. The summed E-state index contributed by atoms with van der Waals surface area (Å²) in [5, 5.41) is 8.74. The summed E-state index contributed by atoms with van der Waals surface area (Å²) in [5.41, 5.74) is 16.8. The Bertz CT molecular complexity index is 2610. The monoisotopic (exact) mass is 667 g/mol. The zero-order valence-corrected chi connectivity index (χ0v) is 30.0. The van der Waals surface area contributed by atoms with E-state index in [-0.39, 0.29) is 0 Å². The van der Waals surface area contributed by atoms with Gasteiger partial charge < -0.3 is 5.32 Å². The van der Waals surface area contributed by atoms with E-state index in [0.717, 1.165) is 22.5 Å². The van der Waals surface area contributed by atoms with E-state index in [1.165, 1.54) is 77.2 Å². The lowest BCUT2D eigenvalue weighted by molar-refractivity contribution is 1.51. The van der Waals surface area contributed by atoms with E-state index in [0.29, 0.717) is 0 Å². The van der Waals surface area contributed by atoms with E-state index in [2.05, 4.69) is 190 Å². The van der Waals surface area contributed by atoms with Gasteiger partial charge in [0.1, 0.15) is 0 Å². The summed E-state index contributed by atoms with van der Waals surface area (Å²) in [6.07, 6.45) is 15.0. The van der Waals surface area contributed by atoms with E-state index >= 15 is 0 Å². The van der Waals surface area contributed by atoms with Crippen LogP contribution >= 0.6 is 0 Å². The average molecular weight is 668 g/mol. The number of hydrogen-bond donors (Lipinski definition) is 1. The molecule has 1 N–H and O–H groups in total. The molecule has 0 fully saturated rings. The Labute approximate surface area is 307 Å². The normalized spacial score (nSPS) is 12.5. The number of nitrogens with one attached hydrogen (secondary N) is 1. The molecule has 0 saturated heterocycles. The minimum absolute atomic E-state index is 0.984. The van der Waals surface area contributed by atoms with Gasteiger partial charge in [0.2, 0.25) is 0 Å². The molecule has 52 heavy (non-hydrogen) atoms. The molecular weight excluding hydrogens is 627 g/mol. The molecule has 0 atom stereocenters. The first-order chi connectivity index (χ1) is 25.6. The number of allylic oxidation sites excluding steroid dienone is 9. The molecule has 0 unspecified atom stereocenters. The SMILES string of the molecule is C=C(/C=C\C)c1ccccc1Nc1ccc(-c2ccc3c4c(cccc24)-c2c-3c(-c3ccccc3)c3ccccc3c2C(/C=C\C)=C/C=C\C)cc1. The van der Waals surface area contributed by atoms with Crippen LogP contribution < -0.4 is 5.32 Å². The van der Waals surface area contributed by atoms with Gasteiger partial charge >= 0.3 is 0 Å². The molecule has 1 aliphatic rings. The average Bonchev–Trinajstić information content (AvgIpc) is 3.51. The molecule has 0 radical (unpaired) electrons. The molecule has 0 saturated carbocycles. The fourth-order valence-corrected chi connectivity index (χ4v) is 7.91. The lowest BCUT2D eigenvalue weighted by atomic mass is 9.82. The molecule has 8 rings (SSSR count). The van der Waals surface area contributed by atoms with Gasteiger partial charge in [-0.2, -0.15) is 0 Å². The van der Waals surface area contributed by atoms with Gasteiger partial charge in [-0.15, -0.1) is 0 Å². The number of fused-ring (bicyclic) bond motifs is 4. The third-order valence-electron chi connectivity index (χ3n) is 10.1. The van der Waals surface area contributed by atoms with Crippen molar-refractivity contribution >= 4 is 44.1 Å². The predicted octanol–water partition coefficient (Wildman–Crippen LogP) is 14.8. The second-order valence-electron chi connectivity index (χ2n) is 13.2. The van der Waals surface area contributed by atoms with Gasteiger partial charge in [-0.3, -0.25) is 0 Å². The van der Waals surface area contributed by atoms with E-state index in [9.17, 15) is 0 Å². The minimum Gasteiger partial charge on any atom is -0.355 e. The molecule has 7 aromatic rings. The Balaban J connectivity index is 1.33. The Morgan fingerprint density at radius 1 is 0.519 bits per heavy atom. The second-order valence-corrected chi connectivity index (χ2v) is 13.2. The van der Waals surface area contributed by atoms with Crippen LogP contribution in [0.3, 0.4) is 0 Å². The molecule has 0 aliphatic heterocycles. The Hall–Kier alpha value is -6.44. The Kier molecular flexibility index (Phi) is 8.85. The summed E-state index contributed by atoms with van der Waals surface area (Å²) in [6, 6.07) is 48.5. The van der Waals surface area contributed by atoms with Crippen molar-refractivity contribution in [1.29, 1.82) is 0 Å². The highest BCUT2D eigenvalue weighted by Crippen LogP contribution is 2.57. The highest BCUT2D eigenvalue weighted by Gasteiger charge is 2.31. The molecule has 0 aromatic heterocycles. The summed E-state index contributed by atoms with van der Waals surface area (Å²) in [7, 11) is 0. The van der Waals surface area contributed by atoms with Gasteiger partial charge in [0.15, 0.2) is 0 Å². The van der Waals surface area contributed by atoms with Crippen LogP contribution in [0.25, 0.3) is 77.2 Å². The summed E-state index contributed by atoms with van der Waals surface area (Å²) in [4.78, 5) is 0. The van der Waals surface area contributed by atoms with Crippen molar-refractivity contribution in [3.05, 3.63) is 194 Å². The van der Waals surface area contributed by atoms with Crippen molar-refractivity contribution in [2.45, 2.75) is 20.8 Å². The third kappa shape index (κ3) is 5.61. The van der Waals surface area contributed by atoms with Crippen molar-refractivity contribution in [2.24, 2.45) is 0 Å². The van der Waals surface area contributed by atoms with E-state index in [1.807, 2.05) is 19.1 Å². The van der Waals surface area contributed by atoms with Crippen LogP contribution in [0.4, 0.5) is 11.4 Å². The topological polar surface area (TPSA) is 12.0 Å². The van der Waals surface area contributed by atoms with Gasteiger partial charge in [0, 0.05) is 16.9 Å². The van der Waals surface area contributed by atoms with Crippen LogP contribution in [-0.2, 0) is 0 Å². The minimum atomic E-state index is 0.984. The summed E-state index contributed by atoms with van der Waals surface area (Å²) in [6.45, 7) is 10.5. The predicted molar refractivity (Wildman–Crippen MR) is 228 cm³/mol. The quantitative estimate of drug-likeness (QED) is 0.151. The lowest BCUT2D eigenvalue weighted by Crippen LogP contribution is -1.95. The first-order valence-corrected chi connectivity index (χ1v) is 18.1. The van der Waals surface area contributed by atoms with Crippen molar-refractivity contribution in [2.75, 3.05) is 5.32 Å². The van der Waals surface area contributed by atoms with Crippen LogP contribution in [0.2, 0.25) is 0 Å². The van der Waals surface area contributed by atoms with Gasteiger partial charge in [0.25, 0.3) is 0 Å².